The van der Waals surface area contributed by atoms with Gasteiger partial charge in [-0.15, -0.1) is 0 Å². The van der Waals surface area contributed by atoms with Crippen molar-refractivity contribution in [2.45, 2.75) is 12.5 Å². The van der Waals surface area contributed by atoms with Crippen LogP contribution in [0.5, 0.6) is 0 Å². The Kier molecular flexibility index (Phi) is 4.64. The van der Waals surface area contributed by atoms with Crippen molar-refractivity contribution >= 4 is 22.7 Å². The molecule has 1 fully saturated rings. The number of hydrogen-bond acceptors (Lipinski definition) is 3. The summed E-state index contributed by atoms with van der Waals surface area (Å²) in [5.74, 6) is -0.387. The molecule has 1 unspecified atom stereocenters. The second-order valence-corrected chi connectivity index (χ2v) is 6.85. The highest BCUT2D eigenvalue weighted by Crippen LogP contribution is 2.22. The molecule has 1 saturated heterocycles. The summed E-state index contributed by atoms with van der Waals surface area (Å²) < 4.78 is 0. The van der Waals surface area contributed by atoms with Crippen molar-refractivity contribution in [3.63, 3.8) is 0 Å². The predicted octanol–water partition coefficient (Wildman–Crippen LogP) is 1.92. The largest absolute Gasteiger partial charge is 0.366 e. The number of nitrogens with two attached hydrogens (primary N) is 1. The van der Waals surface area contributed by atoms with E-state index < -0.39 is 5.91 Å². The van der Waals surface area contributed by atoms with Crippen LogP contribution in [-0.2, 0) is 6.42 Å². The fourth-order valence-corrected chi connectivity index (χ4v) is 3.75. The number of primary amides is 1. The second kappa shape index (κ2) is 7.25. The molecule has 0 saturated carbocycles. The number of carbonyl (C=O) groups excluding carboxylic acids is 2. The summed E-state index contributed by atoms with van der Waals surface area (Å²) in [5.41, 5.74) is 8.56. The molecule has 4 N–H and O–H groups in total. The van der Waals surface area contributed by atoms with Gasteiger partial charge in [0.25, 0.3) is 5.91 Å². The maximum atomic E-state index is 12.9. The molecule has 6 heteroatoms. The molecule has 1 atom stereocenters. The van der Waals surface area contributed by atoms with Crippen molar-refractivity contribution in [1.29, 1.82) is 0 Å². The molecule has 0 spiro atoms. The Hall–Kier alpha value is -3.12. The third kappa shape index (κ3) is 3.44. The average Bonchev–Trinajstić information content (AvgIpc) is 3.10. The molecule has 1 aliphatic heterocycles. The normalized spacial score (nSPS) is 17.2. The lowest BCUT2D eigenvalue weighted by Crippen LogP contribution is -2.54. The molecular weight excluding hydrogens is 340 g/mol. The van der Waals surface area contributed by atoms with Crippen LogP contribution < -0.4 is 11.1 Å². The van der Waals surface area contributed by atoms with E-state index in [2.05, 4.69) is 10.3 Å². The van der Waals surface area contributed by atoms with Gasteiger partial charge in [-0.3, -0.25) is 9.59 Å². The number of benzene rings is 2. The van der Waals surface area contributed by atoms with Gasteiger partial charge in [-0.1, -0.05) is 24.3 Å². The number of aromatic nitrogens is 1. The van der Waals surface area contributed by atoms with Gasteiger partial charge in [-0.2, -0.15) is 0 Å². The smallest absolute Gasteiger partial charge is 0.254 e. The molecule has 2 heterocycles. The molecule has 27 heavy (non-hydrogen) atoms. The second-order valence-electron chi connectivity index (χ2n) is 6.85. The van der Waals surface area contributed by atoms with Crippen molar-refractivity contribution in [3.8, 4) is 0 Å². The maximum Gasteiger partial charge on any atom is 0.254 e. The van der Waals surface area contributed by atoms with E-state index in [0.717, 1.165) is 29.7 Å². The van der Waals surface area contributed by atoms with Crippen molar-refractivity contribution in [2.24, 2.45) is 5.73 Å². The number of carbonyl (C=O) groups is 2. The number of H-pyrrole nitrogens is 1. The monoisotopic (exact) mass is 362 g/mol. The molecule has 2 amide bonds. The molecule has 2 aromatic carbocycles. The van der Waals surface area contributed by atoms with E-state index in [1.807, 2.05) is 53.4 Å². The Morgan fingerprint density at radius 2 is 1.93 bits per heavy atom. The van der Waals surface area contributed by atoms with Gasteiger partial charge in [0.1, 0.15) is 0 Å². The van der Waals surface area contributed by atoms with Gasteiger partial charge >= 0.3 is 0 Å². The van der Waals surface area contributed by atoms with E-state index in [1.165, 1.54) is 0 Å². The van der Waals surface area contributed by atoms with Crippen molar-refractivity contribution in [3.05, 3.63) is 71.4 Å². The number of fused-ring (bicyclic) bond motifs is 1. The molecule has 0 bridgehead atoms. The lowest BCUT2D eigenvalue weighted by molar-refractivity contribution is 0.0635. The SMILES string of the molecule is NC(=O)c1cccc2[nH]c(CC3CNCCN3C(=O)c3ccccc3)cc12. The van der Waals surface area contributed by atoms with Crippen molar-refractivity contribution < 1.29 is 9.59 Å². The Morgan fingerprint density at radius 1 is 1.11 bits per heavy atom. The van der Waals surface area contributed by atoms with Crippen LogP contribution in [0.3, 0.4) is 0 Å². The van der Waals surface area contributed by atoms with Gasteiger partial charge in [0.15, 0.2) is 0 Å². The maximum absolute atomic E-state index is 12.9. The van der Waals surface area contributed by atoms with Crippen LogP contribution in [-0.4, -0.2) is 47.4 Å². The van der Waals surface area contributed by atoms with E-state index in [4.69, 9.17) is 5.73 Å². The lowest BCUT2D eigenvalue weighted by atomic mass is 10.0. The zero-order valence-corrected chi connectivity index (χ0v) is 14.9. The molecule has 1 aliphatic rings. The molecule has 138 valence electrons. The van der Waals surface area contributed by atoms with E-state index in [-0.39, 0.29) is 11.9 Å². The van der Waals surface area contributed by atoms with Gasteiger partial charge in [0.2, 0.25) is 5.91 Å². The van der Waals surface area contributed by atoms with Gasteiger partial charge < -0.3 is 20.9 Å². The number of nitrogens with one attached hydrogen (secondary N) is 2. The first-order valence-electron chi connectivity index (χ1n) is 9.10. The number of nitrogens with zero attached hydrogens (tertiary/aromatic N) is 1. The highest BCUT2D eigenvalue weighted by atomic mass is 16.2. The van der Waals surface area contributed by atoms with Crippen LogP contribution in [0.4, 0.5) is 0 Å². The first-order chi connectivity index (χ1) is 13.1. The minimum Gasteiger partial charge on any atom is -0.366 e. The predicted molar refractivity (Wildman–Crippen MR) is 105 cm³/mol. The summed E-state index contributed by atoms with van der Waals surface area (Å²) in [6.07, 6.45) is 0.679. The average molecular weight is 362 g/mol. The van der Waals surface area contributed by atoms with E-state index in [9.17, 15) is 9.59 Å². The fourth-order valence-electron chi connectivity index (χ4n) is 3.75. The highest BCUT2D eigenvalue weighted by molar-refractivity contribution is 6.05. The molecule has 6 nitrogen and oxygen atoms in total. The van der Waals surface area contributed by atoms with Crippen LogP contribution in [0.15, 0.2) is 54.6 Å². The minimum atomic E-state index is -0.439. The first-order valence-corrected chi connectivity index (χ1v) is 9.10. The summed E-state index contributed by atoms with van der Waals surface area (Å²) >= 11 is 0. The van der Waals surface area contributed by atoms with Crippen LogP contribution in [0.25, 0.3) is 10.9 Å². The third-order valence-electron chi connectivity index (χ3n) is 5.07. The van der Waals surface area contributed by atoms with Crippen molar-refractivity contribution in [2.75, 3.05) is 19.6 Å². The lowest BCUT2D eigenvalue weighted by Gasteiger charge is -2.36. The molecule has 0 radical (unpaired) electrons. The number of piperazine rings is 1. The van der Waals surface area contributed by atoms with Crippen molar-refractivity contribution in [1.82, 2.24) is 15.2 Å². The van der Waals surface area contributed by atoms with Gasteiger partial charge in [0, 0.05) is 59.8 Å². The number of rotatable bonds is 4. The first kappa shape index (κ1) is 17.3. The molecule has 0 aliphatic carbocycles. The van der Waals surface area contributed by atoms with Crippen LogP contribution >= 0.6 is 0 Å². The minimum absolute atomic E-state index is 0.0385. The molecule has 3 aromatic rings. The number of hydrogen-bond donors (Lipinski definition) is 3. The quantitative estimate of drug-likeness (QED) is 0.662. The summed E-state index contributed by atoms with van der Waals surface area (Å²) in [5, 5.41) is 4.20. The summed E-state index contributed by atoms with van der Waals surface area (Å²) in [6.45, 7) is 2.19. The van der Waals surface area contributed by atoms with E-state index >= 15 is 0 Å². The highest BCUT2D eigenvalue weighted by Gasteiger charge is 2.28. The molecular formula is C21H22N4O2. The topological polar surface area (TPSA) is 91.2 Å². The Labute approximate surface area is 157 Å². The van der Waals surface area contributed by atoms with Gasteiger partial charge in [-0.25, -0.2) is 0 Å². The summed E-state index contributed by atoms with van der Waals surface area (Å²) in [6, 6.07) is 16.9. The summed E-state index contributed by atoms with van der Waals surface area (Å²) in [4.78, 5) is 29.9. The zero-order chi connectivity index (χ0) is 18.8. The fraction of sp³-hybridized carbons (Fsp3) is 0.238. The van der Waals surface area contributed by atoms with Crippen LogP contribution in [0.1, 0.15) is 26.4 Å². The molecule has 1 aromatic heterocycles. The third-order valence-corrected chi connectivity index (χ3v) is 5.07. The number of aromatic amines is 1. The standard InChI is InChI=1S/C21H22N4O2/c22-20(26)17-7-4-8-19-18(17)12-15(24-19)11-16-13-23-9-10-25(16)21(27)14-5-2-1-3-6-14/h1-8,12,16,23-24H,9-11,13H2,(H2,22,26). The summed E-state index contributed by atoms with van der Waals surface area (Å²) in [7, 11) is 0. The Morgan fingerprint density at radius 3 is 2.70 bits per heavy atom. The van der Waals surface area contributed by atoms with Crippen LogP contribution in [0, 0.1) is 0 Å². The zero-order valence-electron chi connectivity index (χ0n) is 14.9. The van der Waals surface area contributed by atoms with Gasteiger partial charge in [0.05, 0.1) is 0 Å². The Bertz CT molecular complexity index is 980. The van der Waals surface area contributed by atoms with E-state index in [1.54, 1.807) is 6.07 Å². The van der Waals surface area contributed by atoms with Crippen LogP contribution in [0.2, 0.25) is 0 Å². The van der Waals surface area contributed by atoms with Gasteiger partial charge in [-0.05, 0) is 30.3 Å². The molecule has 4 rings (SSSR count). The number of amides is 2. The van der Waals surface area contributed by atoms with E-state index in [0.29, 0.717) is 24.1 Å². The Balaban J connectivity index is 1.60.